The van der Waals surface area contributed by atoms with Gasteiger partial charge in [0, 0.05) is 5.69 Å². The van der Waals surface area contributed by atoms with Gasteiger partial charge in [-0.3, -0.25) is 4.79 Å². The number of fused-ring (bicyclic) bond motifs is 1. The second-order valence-corrected chi connectivity index (χ2v) is 8.59. The predicted octanol–water partition coefficient (Wildman–Crippen LogP) is 5.36. The highest BCUT2D eigenvalue weighted by molar-refractivity contribution is 8.00. The zero-order valence-corrected chi connectivity index (χ0v) is 18.6. The summed E-state index contributed by atoms with van der Waals surface area (Å²) in [6.45, 7) is 2.26. The highest BCUT2D eigenvalue weighted by Gasteiger charge is 2.29. The second-order valence-electron chi connectivity index (χ2n) is 7.53. The Labute approximate surface area is 195 Å². The highest BCUT2D eigenvalue weighted by Crippen LogP contribution is 2.38. The Morgan fingerprint density at radius 3 is 2.48 bits per heavy atom. The maximum absolute atomic E-state index is 13.2. The number of anilines is 1. The summed E-state index contributed by atoms with van der Waals surface area (Å²) in [6, 6.07) is 24.6. The predicted molar refractivity (Wildman–Crippen MR) is 124 cm³/mol. The van der Waals surface area contributed by atoms with Gasteiger partial charge in [-0.2, -0.15) is 0 Å². The Morgan fingerprint density at radius 2 is 1.70 bits per heavy atom. The number of aryl methyl sites for hydroxylation is 1. The van der Waals surface area contributed by atoms with Crippen molar-refractivity contribution in [2.24, 2.45) is 0 Å². The third-order valence-corrected chi connectivity index (χ3v) is 6.17. The molecule has 0 bridgehead atoms. The second kappa shape index (κ2) is 9.38. The first-order valence-corrected chi connectivity index (χ1v) is 11.3. The van der Waals surface area contributed by atoms with Crippen LogP contribution in [0.3, 0.4) is 0 Å². The van der Waals surface area contributed by atoms with Crippen LogP contribution in [0.1, 0.15) is 28.4 Å². The van der Waals surface area contributed by atoms with Crippen molar-refractivity contribution in [2.45, 2.75) is 23.5 Å². The van der Waals surface area contributed by atoms with Crippen molar-refractivity contribution in [3.05, 3.63) is 95.9 Å². The number of benzene rings is 3. The normalized spacial score (nSPS) is 15.6. The molecule has 1 aliphatic heterocycles. The fourth-order valence-electron chi connectivity index (χ4n) is 3.39. The van der Waals surface area contributed by atoms with Gasteiger partial charge >= 0.3 is 0 Å². The number of rotatable bonds is 6. The molecule has 0 unspecified atom stereocenters. The molecule has 1 aliphatic rings. The Kier molecular flexibility index (Phi) is 5.99. The molecular weight excluding hydrogens is 438 g/mol. The van der Waals surface area contributed by atoms with Crippen molar-refractivity contribution in [1.82, 2.24) is 10.2 Å². The van der Waals surface area contributed by atoms with E-state index in [4.69, 9.17) is 13.9 Å². The molecule has 0 saturated carbocycles. The molecule has 1 amide bonds. The zero-order chi connectivity index (χ0) is 22.6. The fraction of sp³-hybridized carbons (Fsp3) is 0.160. The van der Waals surface area contributed by atoms with Crippen molar-refractivity contribution >= 4 is 23.4 Å². The molecule has 0 fully saturated rings. The molecule has 4 aromatic rings. The number of nitrogens with zero attached hydrogens (tertiary/aromatic N) is 2. The summed E-state index contributed by atoms with van der Waals surface area (Å²) in [6.07, 6.45) is -0.515. The number of amides is 1. The molecule has 8 heteroatoms. The van der Waals surface area contributed by atoms with E-state index in [1.54, 1.807) is 0 Å². The van der Waals surface area contributed by atoms with Gasteiger partial charge < -0.3 is 19.2 Å². The van der Waals surface area contributed by atoms with Gasteiger partial charge in [0.2, 0.25) is 12.0 Å². The van der Waals surface area contributed by atoms with Crippen molar-refractivity contribution in [1.29, 1.82) is 0 Å². The lowest BCUT2D eigenvalue weighted by molar-refractivity contribution is -0.115. The Bertz CT molecular complexity index is 1240. The van der Waals surface area contributed by atoms with E-state index in [2.05, 4.69) is 15.5 Å². The van der Waals surface area contributed by atoms with Crippen molar-refractivity contribution in [3.8, 4) is 11.5 Å². The Balaban J connectivity index is 1.34. The third kappa shape index (κ3) is 4.85. The molecule has 166 valence electrons. The summed E-state index contributed by atoms with van der Waals surface area (Å²) in [5.74, 6) is 1.43. The Hall–Kier alpha value is -3.78. The van der Waals surface area contributed by atoms with Crippen LogP contribution < -0.4 is 14.8 Å². The van der Waals surface area contributed by atoms with Gasteiger partial charge in [0.15, 0.2) is 11.5 Å². The van der Waals surface area contributed by atoms with E-state index in [-0.39, 0.29) is 17.7 Å². The van der Waals surface area contributed by atoms with E-state index in [9.17, 15) is 4.79 Å². The van der Waals surface area contributed by atoms with Crippen LogP contribution >= 0.6 is 11.8 Å². The number of aromatic nitrogens is 2. The fourth-order valence-corrected chi connectivity index (χ4v) is 4.27. The van der Waals surface area contributed by atoms with Crippen LogP contribution in [0.5, 0.6) is 11.5 Å². The SMILES string of the molecule is Cc1ccc(NC(=O)[C@H](Sc2nnc([C@@H]3COc4ccccc4O3)o2)c2ccccc2)cc1. The van der Waals surface area contributed by atoms with Gasteiger partial charge in [-0.05, 0) is 48.5 Å². The van der Waals surface area contributed by atoms with E-state index >= 15 is 0 Å². The number of hydrogen-bond acceptors (Lipinski definition) is 7. The number of para-hydroxylation sites is 2. The monoisotopic (exact) mass is 459 g/mol. The quantitative estimate of drug-likeness (QED) is 0.388. The standard InChI is InChI=1S/C25H21N3O4S/c1-16-11-13-18(14-12-16)26-23(29)22(17-7-3-2-4-8-17)33-25-28-27-24(32-25)21-15-30-19-9-5-6-10-20(19)31-21/h2-14,21-22H,15H2,1H3,(H,26,29)/t21-,22+/m0/s1. The van der Waals surface area contributed by atoms with Crippen LogP contribution in [-0.2, 0) is 4.79 Å². The van der Waals surface area contributed by atoms with E-state index < -0.39 is 11.4 Å². The molecule has 0 radical (unpaired) electrons. The highest BCUT2D eigenvalue weighted by atomic mass is 32.2. The molecule has 7 nitrogen and oxygen atoms in total. The van der Waals surface area contributed by atoms with Gasteiger partial charge in [0.25, 0.3) is 11.1 Å². The molecule has 2 heterocycles. The largest absolute Gasteiger partial charge is 0.485 e. The first kappa shape index (κ1) is 21.1. The molecule has 3 aromatic carbocycles. The minimum absolute atomic E-state index is 0.180. The van der Waals surface area contributed by atoms with Crippen LogP contribution in [-0.4, -0.2) is 22.7 Å². The zero-order valence-electron chi connectivity index (χ0n) is 17.8. The number of hydrogen-bond donors (Lipinski definition) is 1. The topological polar surface area (TPSA) is 86.5 Å². The Morgan fingerprint density at radius 1 is 0.970 bits per heavy atom. The number of ether oxygens (including phenoxy) is 2. The number of thioether (sulfide) groups is 1. The van der Waals surface area contributed by atoms with Gasteiger partial charge in [-0.15, -0.1) is 10.2 Å². The van der Waals surface area contributed by atoms with E-state index in [0.717, 1.165) is 16.8 Å². The molecule has 0 saturated heterocycles. The lowest BCUT2D eigenvalue weighted by atomic mass is 10.1. The van der Waals surface area contributed by atoms with E-state index in [1.807, 2.05) is 85.8 Å². The molecule has 0 aliphatic carbocycles. The summed E-state index contributed by atoms with van der Waals surface area (Å²) < 4.78 is 17.5. The maximum Gasteiger partial charge on any atom is 0.277 e. The average molecular weight is 460 g/mol. The van der Waals surface area contributed by atoms with Gasteiger partial charge in [0.1, 0.15) is 11.9 Å². The summed E-state index contributed by atoms with van der Waals surface area (Å²) in [5, 5.41) is 11.0. The number of carbonyl (C=O) groups is 1. The van der Waals surface area contributed by atoms with Crippen LogP contribution in [0, 0.1) is 6.92 Å². The molecule has 5 rings (SSSR count). The number of carbonyl (C=O) groups excluding carboxylic acids is 1. The third-order valence-electron chi connectivity index (χ3n) is 5.08. The average Bonchev–Trinajstić information content (AvgIpc) is 3.33. The molecule has 33 heavy (non-hydrogen) atoms. The van der Waals surface area contributed by atoms with Gasteiger partial charge in [-0.25, -0.2) is 0 Å². The first-order chi connectivity index (χ1) is 16.2. The summed E-state index contributed by atoms with van der Waals surface area (Å²) >= 11 is 1.19. The van der Waals surface area contributed by atoms with Gasteiger partial charge in [-0.1, -0.05) is 60.2 Å². The minimum Gasteiger partial charge on any atom is -0.485 e. The lowest BCUT2D eigenvalue weighted by Crippen LogP contribution is -2.21. The molecule has 1 aromatic heterocycles. The van der Waals surface area contributed by atoms with Crippen LogP contribution in [0.25, 0.3) is 0 Å². The smallest absolute Gasteiger partial charge is 0.277 e. The maximum atomic E-state index is 13.2. The molecule has 2 atom stereocenters. The van der Waals surface area contributed by atoms with Crippen molar-refractivity contribution in [2.75, 3.05) is 11.9 Å². The molecular formula is C25H21N3O4S. The summed E-state index contributed by atoms with van der Waals surface area (Å²) in [4.78, 5) is 13.2. The van der Waals surface area contributed by atoms with Crippen LogP contribution in [0.4, 0.5) is 5.69 Å². The summed E-state index contributed by atoms with van der Waals surface area (Å²) in [5.41, 5.74) is 2.68. The van der Waals surface area contributed by atoms with E-state index in [0.29, 0.717) is 17.4 Å². The van der Waals surface area contributed by atoms with Crippen LogP contribution in [0.15, 0.2) is 88.5 Å². The number of nitrogens with one attached hydrogen (secondary N) is 1. The molecule has 1 N–H and O–H groups in total. The van der Waals surface area contributed by atoms with Gasteiger partial charge in [0.05, 0.1) is 0 Å². The van der Waals surface area contributed by atoms with E-state index in [1.165, 1.54) is 11.8 Å². The minimum atomic E-state index is -0.579. The first-order valence-electron chi connectivity index (χ1n) is 10.5. The van der Waals surface area contributed by atoms with Crippen LogP contribution in [0.2, 0.25) is 0 Å². The van der Waals surface area contributed by atoms with Crippen molar-refractivity contribution in [3.63, 3.8) is 0 Å². The summed E-state index contributed by atoms with van der Waals surface area (Å²) in [7, 11) is 0. The lowest BCUT2D eigenvalue weighted by Gasteiger charge is -2.23. The van der Waals surface area contributed by atoms with Crippen molar-refractivity contribution < 1.29 is 18.7 Å². The molecule has 0 spiro atoms.